The van der Waals surface area contributed by atoms with Gasteiger partial charge in [-0.15, -0.1) is 0 Å². The summed E-state index contributed by atoms with van der Waals surface area (Å²) >= 11 is 30.0. The Morgan fingerprint density at radius 1 is 0.868 bits per heavy atom. The Bertz CT molecular complexity index is 1730. The van der Waals surface area contributed by atoms with Crippen molar-refractivity contribution in [3.8, 4) is 22.8 Å². The fraction of sp³-hybridized carbons (Fsp3) is 0. The number of fused-ring (bicyclic) bond motifs is 1. The highest BCUT2D eigenvalue weighted by Gasteiger charge is 2.14. The highest BCUT2D eigenvalue weighted by atomic mass is 35.5. The van der Waals surface area contributed by atoms with E-state index in [9.17, 15) is 4.79 Å². The molecule has 6 nitrogen and oxygen atoms in total. The molecule has 0 fully saturated rings. The largest absolute Gasteiger partial charge is 0.457 e. The van der Waals surface area contributed by atoms with Gasteiger partial charge in [-0.2, -0.15) is 0 Å². The molecule has 0 aliphatic carbocycles. The molecule has 2 aromatic heterocycles. The second-order valence-corrected chi connectivity index (χ2v) is 9.86. The fourth-order valence-corrected chi connectivity index (χ4v) is 4.54. The van der Waals surface area contributed by atoms with Crippen LogP contribution in [0.5, 0.6) is 0 Å². The molecule has 2 N–H and O–H groups in total. The van der Waals surface area contributed by atoms with Crippen molar-refractivity contribution in [2.24, 2.45) is 0 Å². The summed E-state index contributed by atoms with van der Waals surface area (Å²) in [7, 11) is 0. The molecule has 5 rings (SSSR count). The molecular weight excluding hydrogens is 588 g/mol. The van der Waals surface area contributed by atoms with E-state index in [1.165, 1.54) is 12.2 Å². The smallest absolute Gasteiger partial charge is 0.250 e. The molecule has 3 aromatic carbocycles. The summed E-state index contributed by atoms with van der Waals surface area (Å²) in [6, 6.07) is 19.2. The maximum absolute atomic E-state index is 12.4. The molecule has 11 heteroatoms. The molecular formula is C27H15Cl4N3O3S. The summed E-state index contributed by atoms with van der Waals surface area (Å²) in [5.41, 5.74) is 2.97. The molecule has 38 heavy (non-hydrogen) atoms. The number of carbonyl (C=O) groups excluding carboxylic acids is 1. The summed E-state index contributed by atoms with van der Waals surface area (Å²) in [5.74, 6) is 0.877. The van der Waals surface area contributed by atoms with Crippen LogP contribution in [0.4, 0.5) is 5.69 Å². The average molecular weight is 603 g/mol. The Balaban J connectivity index is 1.22. The normalized spacial score (nSPS) is 11.3. The van der Waals surface area contributed by atoms with Crippen molar-refractivity contribution in [1.82, 2.24) is 10.3 Å². The van der Waals surface area contributed by atoms with Crippen LogP contribution in [-0.4, -0.2) is 16.0 Å². The maximum atomic E-state index is 12.4. The van der Waals surface area contributed by atoms with Gasteiger partial charge in [0.25, 0.3) is 0 Å². The Hall–Kier alpha value is -3.33. The number of halogens is 4. The van der Waals surface area contributed by atoms with Crippen molar-refractivity contribution in [2.45, 2.75) is 0 Å². The van der Waals surface area contributed by atoms with Crippen LogP contribution in [0.2, 0.25) is 20.1 Å². The summed E-state index contributed by atoms with van der Waals surface area (Å²) in [6.45, 7) is 0. The molecule has 0 bridgehead atoms. The van der Waals surface area contributed by atoms with Crippen molar-refractivity contribution in [3.63, 3.8) is 0 Å². The van der Waals surface area contributed by atoms with Crippen molar-refractivity contribution in [2.75, 3.05) is 5.32 Å². The predicted octanol–water partition coefficient (Wildman–Crippen LogP) is 8.89. The lowest BCUT2D eigenvalue weighted by Crippen LogP contribution is -2.32. The van der Waals surface area contributed by atoms with Gasteiger partial charge in [0.1, 0.15) is 17.0 Å². The lowest BCUT2D eigenvalue weighted by Gasteiger charge is -2.07. The zero-order chi connectivity index (χ0) is 26.8. The Kier molecular flexibility index (Phi) is 7.74. The molecule has 0 saturated carbocycles. The van der Waals surface area contributed by atoms with Crippen molar-refractivity contribution in [3.05, 3.63) is 98.7 Å². The van der Waals surface area contributed by atoms with Gasteiger partial charge in [-0.05, 0) is 72.9 Å². The molecule has 0 spiro atoms. The number of benzene rings is 3. The fourth-order valence-electron chi connectivity index (χ4n) is 3.54. The lowest BCUT2D eigenvalue weighted by atomic mass is 10.2. The summed E-state index contributed by atoms with van der Waals surface area (Å²) in [5, 5.41) is 7.22. The molecule has 190 valence electrons. The minimum absolute atomic E-state index is 0.103. The van der Waals surface area contributed by atoms with Gasteiger partial charge in [0.15, 0.2) is 10.7 Å². The molecule has 0 saturated heterocycles. The lowest BCUT2D eigenvalue weighted by molar-refractivity contribution is -0.115. The number of anilines is 1. The van der Waals surface area contributed by atoms with Crippen LogP contribution in [-0.2, 0) is 4.79 Å². The number of nitrogens with zero attached hydrogens (tertiary/aromatic N) is 1. The molecule has 5 aromatic rings. The number of carbonyl (C=O) groups is 1. The van der Waals surface area contributed by atoms with Gasteiger partial charge in [-0.3, -0.25) is 10.1 Å². The molecule has 1 amide bonds. The molecule has 0 unspecified atom stereocenters. The van der Waals surface area contributed by atoms with E-state index in [0.29, 0.717) is 65.4 Å². The number of aromatic nitrogens is 1. The van der Waals surface area contributed by atoms with Crippen molar-refractivity contribution >= 4 is 92.5 Å². The van der Waals surface area contributed by atoms with Crippen LogP contribution in [0.3, 0.4) is 0 Å². The van der Waals surface area contributed by atoms with Crippen LogP contribution in [0.15, 0.2) is 81.6 Å². The highest BCUT2D eigenvalue weighted by Crippen LogP contribution is 2.36. The molecule has 0 atom stereocenters. The average Bonchev–Trinajstić information content (AvgIpc) is 3.53. The van der Waals surface area contributed by atoms with E-state index in [1.54, 1.807) is 66.7 Å². The summed E-state index contributed by atoms with van der Waals surface area (Å²) in [6.07, 6.45) is 2.82. The van der Waals surface area contributed by atoms with Gasteiger partial charge in [0.05, 0.1) is 25.7 Å². The van der Waals surface area contributed by atoms with Gasteiger partial charge in [-0.25, -0.2) is 4.98 Å². The van der Waals surface area contributed by atoms with E-state index in [-0.39, 0.29) is 5.11 Å². The van der Waals surface area contributed by atoms with Crippen molar-refractivity contribution in [1.29, 1.82) is 0 Å². The SMILES string of the molecule is O=C(/C=C/c1ccc(-c2cccc(Cl)c2Cl)o1)NC(=S)Nc1ccc2oc(-c3cccc(Cl)c3Cl)nc2c1. The van der Waals surface area contributed by atoms with Crippen LogP contribution in [0, 0.1) is 0 Å². The number of hydrogen-bond donors (Lipinski definition) is 2. The van der Waals surface area contributed by atoms with E-state index in [1.807, 2.05) is 0 Å². The number of oxazole rings is 1. The van der Waals surface area contributed by atoms with E-state index < -0.39 is 5.91 Å². The number of amides is 1. The minimum atomic E-state index is -0.443. The van der Waals surface area contributed by atoms with E-state index in [0.717, 1.165) is 0 Å². The first-order valence-electron chi connectivity index (χ1n) is 11.0. The van der Waals surface area contributed by atoms with Crippen LogP contribution >= 0.6 is 58.6 Å². The molecule has 0 aliphatic heterocycles. The van der Waals surface area contributed by atoms with Gasteiger partial charge in [0.2, 0.25) is 11.8 Å². The second-order valence-electron chi connectivity index (χ2n) is 7.88. The topological polar surface area (TPSA) is 80.3 Å². The van der Waals surface area contributed by atoms with E-state index >= 15 is 0 Å². The van der Waals surface area contributed by atoms with Crippen LogP contribution < -0.4 is 10.6 Å². The van der Waals surface area contributed by atoms with Gasteiger partial charge in [-0.1, -0.05) is 58.5 Å². The van der Waals surface area contributed by atoms with Gasteiger partial charge >= 0.3 is 0 Å². The Labute approximate surface area is 242 Å². The van der Waals surface area contributed by atoms with Gasteiger partial charge < -0.3 is 14.2 Å². The zero-order valence-electron chi connectivity index (χ0n) is 19.1. The second kappa shape index (κ2) is 11.2. The van der Waals surface area contributed by atoms with E-state index in [4.69, 9.17) is 67.5 Å². The molecule has 0 aliphatic rings. The summed E-state index contributed by atoms with van der Waals surface area (Å²) < 4.78 is 11.6. The standard InChI is InChI=1S/C27H15Cl4N3O3S/c28-18-5-1-3-16(24(18)30)21-11-8-15(36-21)9-12-23(35)34-27(38)32-14-7-10-22-20(13-14)33-26(37-22)17-4-2-6-19(29)25(17)31/h1-13H,(H2,32,34,35,38)/b12-9+. The number of thiocarbonyl (C=S) groups is 1. The third-order valence-electron chi connectivity index (χ3n) is 5.31. The third-order valence-corrected chi connectivity index (χ3v) is 7.15. The molecule has 2 heterocycles. The Morgan fingerprint density at radius 3 is 2.34 bits per heavy atom. The van der Waals surface area contributed by atoms with Gasteiger partial charge in [0, 0.05) is 17.3 Å². The van der Waals surface area contributed by atoms with Crippen LogP contribution in [0.1, 0.15) is 5.76 Å². The van der Waals surface area contributed by atoms with E-state index in [2.05, 4.69) is 15.6 Å². The number of rotatable bonds is 5. The highest BCUT2D eigenvalue weighted by molar-refractivity contribution is 7.80. The number of furan rings is 1. The van der Waals surface area contributed by atoms with Crippen molar-refractivity contribution < 1.29 is 13.6 Å². The Morgan fingerprint density at radius 2 is 1.58 bits per heavy atom. The van der Waals surface area contributed by atoms with Crippen LogP contribution in [0.25, 0.3) is 40.0 Å². The first kappa shape index (κ1) is 26.3. The monoisotopic (exact) mass is 601 g/mol. The third kappa shape index (κ3) is 5.72. The first-order chi connectivity index (χ1) is 18.3. The number of hydrogen-bond acceptors (Lipinski definition) is 5. The molecule has 0 radical (unpaired) electrons. The predicted molar refractivity (Wildman–Crippen MR) is 157 cm³/mol. The zero-order valence-corrected chi connectivity index (χ0v) is 22.9. The maximum Gasteiger partial charge on any atom is 0.250 e. The minimum Gasteiger partial charge on any atom is -0.457 e. The summed E-state index contributed by atoms with van der Waals surface area (Å²) in [4.78, 5) is 16.9. The number of nitrogens with one attached hydrogen (secondary N) is 2. The first-order valence-corrected chi connectivity index (χ1v) is 12.9. The quantitative estimate of drug-likeness (QED) is 0.154.